The number of carbonyl (C=O) groups is 2. The van der Waals surface area contributed by atoms with E-state index >= 15 is 0 Å². The molecule has 1 atom stereocenters. The number of methoxy groups -OCH3 is 1. The monoisotopic (exact) mass is 440 g/mol. The van der Waals surface area contributed by atoms with Gasteiger partial charge in [0.25, 0.3) is 5.91 Å². The van der Waals surface area contributed by atoms with Gasteiger partial charge >= 0.3 is 0 Å². The van der Waals surface area contributed by atoms with Crippen LogP contribution in [0.3, 0.4) is 0 Å². The molecule has 6 heteroatoms. The summed E-state index contributed by atoms with van der Waals surface area (Å²) in [5.74, 6) is 0.952. The van der Waals surface area contributed by atoms with Crippen molar-refractivity contribution in [1.82, 2.24) is 10.2 Å². The fraction of sp³-hybridized carbons (Fsp3) is 0.462. The number of nitrogens with zero attached hydrogens (tertiary/aromatic N) is 1. The Balaban J connectivity index is 2.29. The number of hydrogen-bond donors (Lipinski definition) is 1. The molecule has 0 aliphatic heterocycles. The fourth-order valence-electron chi connectivity index (χ4n) is 3.43. The van der Waals surface area contributed by atoms with Crippen molar-refractivity contribution < 1.29 is 19.1 Å². The van der Waals surface area contributed by atoms with E-state index in [0.29, 0.717) is 17.9 Å². The molecule has 2 rings (SSSR count). The predicted octanol–water partition coefficient (Wildman–Crippen LogP) is 4.41. The summed E-state index contributed by atoms with van der Waals surface area (Å²) in [7, 11) is 1.60. The Labute approximate surface area is 191 Å². The molecular weight excluding hydrogens is 404 g/mol. The van der Waals surface area contributed by atoms with E-state index in [1.54, 1.807) is 12.0 Å². The zero-order chi connectivity index (χ0) is 23.9. The smallest absolute Gasteiger partial charge is 0.261 e. The minimum Gasteiger partial charge on any atom is -0.497 e. The van der Waals surface area contributed by atoms with Crippen LogP contribution >= 0.6 is 0 Å². The molecule has 2 aromatic rings. The number of ether oxygens (including phenoxy) is 2. The van der Waals surface area contributed by atoms with Crippen molar-refractivity contribution in [3.63, 3.8) is 0 Å². The standard InChI is InChI=1S/C26H36N2O4/c1-8-22(25(30)27-26(4,5)6)28(16-20-10-9-11-21(15-20)31-7)24(29)17-32-23-14-18(2)12-13-19(23)3/h9-15,22H,8,16-17H2,1-7H3,(H,27,30)/t22-/m0/s1. The van der Waals surface area contributed by atoms with Crippen LogP contribution in [0.4, 0.5) is 0 Å². The third kappa shape index (κ3) is 7.29. The summed E-state index contributed by atoms with van der Waals surface area (Å²) in [6.07, 6.45) is 0.487. The van der Waals surface area contributed by atoms with Gasteiger partial charge < -0.3 is 19.7 Å². The van der Waals surface area contributed by atoms with Gasteiger partial charge in [-0.3, -0.25) is 9.59 Å². The van der Waals surface area contributed by atoms with Crippen molar-refractivity contribution in [2.24, 2.45) is 0 Å². The second-order valence-electron chi connectivity index (χ2n) is 9.09. The largest absolute Gasteiger partial charge is 0.497 e. The molecule has 0 bridgehead atoms. The zero-order valence-electron chi connectivity index (χ0n) is 20.3. The topological polar surface area (TPSA) is 67.9 Å². The van der Waals surface area contributed by atoms with E-state index in [2.05, 4.69) is 5.32 Å². The van der Waals surface area contributed by atoms with Crippen LogP contribution < -0.4 is 14.8 Å². The van der Waals surface area contributed by atoms with E-state index in [1.165, 1.54) is 0 Å². The first-order chi connectivity index (χ1) is 15.0. The van der Waals surface area contributed by atoms with E-state index in [4.69, 9.17) is 9.47 Å². The van der Waals surface area contributed by atoms with E-state index in [9.17, 15) is 9.59 Å². The van der Waals surface area contributed by atoms with Gasteiger partial charge in [-0.1, -0.05) is 31.2 Å². The Kier molecular flexibility index (Phi) is 8.70. The first-order valence-electron chi connectivity index (χ1n) is 11.0. The van der Waals surface area contributed by atoms with Gasteiger partial charge in [0.15, 0.2) is 6.61 Å². The average Bonchev–Trinajstić information content (AvgIpc) is 2.72. The predicted molar refractivity (Wildman–Crippen MR) is 127 cm³/mol. The molecular formula is C26H36N2O4. The van der Waals surface area contributed by atoms with Gasteiger partial charge in [0, 0.05) is 12.1 Å². The number of aryl methyl sites for hydroxylation is 2. The molecule has 2 aromatic carbocycles. The minimum absolute atomic E-state index is 0.145. The van der Waals surface area contributed by atoms with Crippen LogP contribution in [0.5, 0.6) is 11.5 Å². The Morgan fingerprint density at radius 2 is 1.81 bits per heavy atom. The molecule has 0 saturated heterocycles. The summed E-state index contributed by atoms with van der Waals surface area (Å²) in [6.45, 7) is 11.7. The third-order valence-corrected chi connectivity index (χ3v) is 5.07. The van der Waals surface area contributed by atoms with Crippen molar-refractivity contribution in [2.45, 2.75) is 66.1 Å². The third-order valence-electron chi connectivity index (χ3n) is 5.07. The molecule has 174 valence electrons. The van der Waals surface area contributed by atoms with Gasteiger partial charge in [0.05, 0.1) is 7.11 Å². The van der Waals surface area contributed by atoms with E-state index < -0.39 is 11.6 Å². The molecule has 0 unspecified atom stereocenters. The van der Waals surface area contributed by atoms with Crippen LogP contribution in [-0.2, 0) is 16.1 Å². The second kappa shape index (κ2) is 11.0. The molecule has 0 aliphatic rings. The molecule has 0 spiro atoms. The van der Waals surface area contributed by atoms with E-state index in [1.807, 2.05) is 84.0 Å². The first kappa shape index (κ1) is 25.2. The highest BCUT2D eigenvalue weighted by atomic mass is 16.5. The second-order valence-corrected chi connectivity index (χ2v) is 9.09. The lowest BCUT2D eigenvalue weighted by molar-refractivity contribution is -0.143. The van der Waals surface area contributed by atoms with Crippen LogP contribution in [0, 0.1) is 13.8 Å². The van der Waals surface area contributed by atoms with Crippen molar-refractivity contribution >= 4 is 11.8 Å². The highest BCUT2D eigenvalue weighted by molar-refractivity contribution is 5.88. The average molecular weight is 441 g/mol. The van der Waals surface area contributed by atoms with Gasteiger partial charge in [-0.2, -0.15) is 0 Å². The van der Waals surface area contributed by atoms with Gasteiger partial charge in [0.1, 0.15) is 17.5 Å². The molecule has 2 amide bonds. The molecule has 0 heterocycles. The van der Waals surface area contributed by atoms with Crippen LogP contribution in [0.1, 0.15) is 50.8 Å². The molecule has 32 heavy (non-hydrogen) atoms. The Morgan fingerprint density at radius 3 is 2.44 bits per heavy atom. The number of nitrogens with one attached hydrogen (secondary N) is 1. The molecule has 6 nitrogen and oxygen atoms in total. The molecule has 0 radical (unpaired) electrons. The van der Waals surface area contributed by atoms with E-state index in [-0.39, 0.29) is 25.0 Å². The summed E-state index contributed by atoms with van der Waals surface area (Å²) in [5, 5.41) is 3.01. The number of rotatable bonds is 9. The first-order valence-corrected chi connectivity index (χ1v) is 11.0. The number of carbonyl (C=O) groups excluding carboxylic acids is 2. The van der Waals surface area contributed by atoms with Gasteiger partial charge in [-0.15, -0.1) is 0 Å². The summed E-state index contributed by atoms with van der Waals surface area (Å²) in [6, 6.07) is 12.8. The van der Waals surface area contributed by atoms with Gasteiger partial charge in [-0.05, 0) is 75.9 Å². The molecule has 1 N–H and O–H groups in total. The van der Waals surface area contributed by atoms with Crippen LogP contribution in [0.15, 0.2) is 42.5 Å². The van der Waals surface area contributed by atoms with Crippen molar-refractivity contribution in [1.29, 1.82) is 0 Å². The highest BCUT2D eigenvalue weighted by Crippen LogP contribution is 2.21. The quantitative estimate of drug-likeness (QED) is 0.627. The lowest BCUT2D eigenvalue weighted by atomic mass is 10.1. The zero-order valence-corrected chi connectivity index (χ0v) is 20.3. The van der Waals surface area contributed by atoms with Crippen molar-refractivity contribution in [3.8, 4) is 11.5 Å². The van der Waals surface area contributed by atoms with Crippen LogP contribution in [0.25, 0.3) is 0 Å². The highest BCUT2D eigenvalue weighted by Gasteiger charge is 2.31. The van der Waals surface area contributed by atoms with Gasteiger partial charge in [0.2, 0.25) is 5.91 Å². The maximum atomic E-state index is 13.3. The summed E-state index contributed by atoms with van der Waals surface area (Å²) in [4.78, 5) is 28.0. The number of benzene rings is 2. The van der Waals surface area contributed by atoms with E-state index in [0.717, 1.165) is 16.7 Å². The maximum Gasteiger partial charge on any atom is 0.261 e. The summed E-state index contributed by atoms with van der Waals surface area (Å²) < 4.78 is 11.2. The summed E-state index contributed by atoms with van der Waals surface area (Å²) >= 11 is 0. The Hall–Kier alpha value is -3.02. The lowest BCUT2D eigenvalue weighted by Crippen LogP contribution is -2.54. The SMILES string of the molecule is CC[C@@H](C(=O)NC(C)(C)C)N(Cc1cccc(OC)c1)C(=O)COc1cc(C)ccc1C. The Bertz CT molecular complexity index is 934. The van der Waals surface area contributed by atoms with Crippen LogP contribution in [0.2, 0.25) is 0 Å². The normalized spacial score (nSPS) is 12.1. The number of hydrogen-bond acceptors (Lipinski definition) is 4. The molecule has 0 fully saturated rings. The summed E-state index contributed by atoms with van der Waals surface area (Å²) in [5.41, 5.74) is 2.50. The molecule has 0 aromatic heterocycles. The van der Waals surface area contributed by atoms with Crippen LogP contribution in [-0.4, -0.2) is 42.0 Å². The van der Waals surface area contributed by atoms with Gasteiger partial charge in [-0.25, -0.2) is 0 Å². The fourth-order valence-corrected chi connectivity index (χ4v) is 3.43. The molecule has 0 aliphatic carbocycles. The lowest BCUT2D eigenvalue weighted by Gasteiger charge is -2.33. The van der Waals surface area contributed by atoms with Crippen molar-refractivity contribution in [2.75, 3.05) is 13.7 Å². The maximum absolute atomic E-state index is 13.3. The van der Waals surface area contributed by atoms with Crippen molar-refractivity contribution in [3.05, 3.63) is 59.2 Å². The number of amides is 2. The minimum atomic E-state index is -0.616. The molecule has 0 saturated carbocycles. The Morgan fingerprint density at radius 1 is 1.09 bits per heavy atom.